The molecule has 0 bridgehead atoms. The minimum Gasteiger partial charge on any atom is -0.496 e. The summed E-state index contributed by atoms with van der Waals surface area (Å²) in [4.78, 5) is 0. The van der Waals surface area contributed by atoms with Gasteiger partial charge in [0.25, 0.3) is 0 Å². The van der Waals surface area contributed by atoms with Crippen molar-refractivity contribution in [2.75, 3.05) is 7.04 Å². The highest BCUT2D eigenvalue weighted by atomic mass is 79.9. The summed E-state index contributed by atoms with van der Waals surface area (Å²) >= 11 is 2.60. The Kier molecular flexibility index (Phi) is 1.29. The van der Waals surface area contributed by atoms with Crippen LogP contribution in [0.4, 0.5) is 13.2 Å². The van der Waals surface area contributed by atoms with Crippen LogP contribution in [0.3, 0.4) is 0 Å². The Labute approximate surface area is 90.1 Å². The van der Waals surface area contributed by atoms with Crippen molar-refractivity contribution >= 4 is 15.9 Å². The fourth-order valence-electron chi connectivity index (χ4n) is 0.584. The van der Waals surface area contributed by atoms with Crippen LogP contribution in [0.5, 0.6) is 5.75 Å². The number of halogens is 4. The van der Waals surface area contributed by atoms with Gasteiger partial charge in [-0.15, -0.1) is 0 Å². The third-order valence-electron chi connectivity index (χ3n) is 1.12. The summed E-state index contributed by atoms with van der Waals surface area (Å²) in [6.45, 7) is 0. The highest BCUT2D eigenvalue weighted by Gasteiger charge is 2.30. The molecule has 5 heteroatoms. The van der Waals surface area contributed by atoms with Gasteiger partial charge in [-0.3, -0.25) is 0 Å². The van der Waals surface area contributed by atoms with Crippen LogP contribution in [0.25, 0.3) is 0 Å². The zero-order valence-corrected chi connectivity index (χ0v) is 7.51. The average molecular weight is 261 g/mol. The number of ether oxygens (including phenoxy) is 1. The fraction of sp³-hybridized carbons (Fsp3) is 0.250. The summed E-state index contributed by atoms with van der Waals surface area (Å²) in [7, 11) is -3.00. The second-order valence-electron chi connectivity index (χ2n) is 1.99. The van der Waals surface area contributed by atoms with Crippen LogP contribution >= 0.6 is 15.9 Å². The van der Waals surface area contributed by atoms with Crippen LogP contribution in [-0.4, -0.2) is 7.04 Å². The lowest BCUT2D eigenvalue weighted by Crippen LogP contribution is -2.04. The van der Waals surface area contributed by atoms with E-state index in [1.807, 2.05) is 0 Å². The summed E-state index contributed by atoms with van der Waals surface area (Å²) in [6, 6.07) is -3.50. The van der Waals surface area contributed by atoms with Gasteiger partial charge < -0.3 is 4.74 Å². The van der Waals surface area contributed by atoms with Gasteiger partial charge in [-0.2, -0.15) is 13.2 Å². The highest BCUT2D eigenvalue weighted by Crippen LogP contribution is 2.34. The van der Waals surface area contributed by atoms with E-state index in [1.165, 1.54) is 0 Å². The molecule has 0 radical (unpaired) electrons. The van der Waals surface area contributed by atoms with Crippen LogP contribution in [0.1, 0.15) is 13.8 Å². The fourth-order valence-corrected chi connectivity index (χ4v) is 0.962. The van der Waals surface area contributed by atoms with E-state index in [9.17, 15) is 13.2 Å². The van der Waals surface area contributed by atoms with Gasteiger partial charge in [-0.25, -0.2) is 0 Å². The van der Waals surface area contributed by atoms with Crippen molar-refractivity contribution in [3.05, 3.63) is 28.2 Å². The van der Waals surface area contributed by atoms with Crippen molar-refractivity contribution in [3.63, 3.8) is 0 Å². The lowest BCUT2D eigenvalue weighted by molar-refractivity contribution is -0.137. The molecule has 0 amide bonds. The third kappa shape index (κ3) is 2.37. The molecule has 1 aromatic carbocycles. The number of benzene rings is 1. The first-order valence-electron chi connectivity index (χ1n) is 5.91. The van der Waals surface area contributed by atoms with Crippen molar-refractivity contribution in [1.29, 1.82) is 0 Å². The number of alkyl halides is 3. The summed E-state index contributed by atoms with van der Waals surface area (Å²) in [5, 5.41) is 0. The van der Waals surface area contributed by atoms with Crippen molar-refractivity contribution < 1.29 is 26.1 Å². The van der Waals surface area contributed by atoms with E-state index in [0.29, 0.717) is 0 Å². The second kappa shape index (κ2) is 3.57. The normalized spacial score (nSPS) is 19.1. The largest absolute Gasteiger partial charge is 0.496 e. The molecule has 0 atom stereocenters. The Morgan fingerprint density at radius 1 is 1.54 bits per heavy atom. The Bertz CT molecular complexity index is 484. The maximum atomic E-state index is 12.6. The molecule has 1 aromatic rings. The monoisotopic (exact) mass is 260 g/mol. The molecule has 0 unspecified atom stereocenters. The molecule has 0 heterocycles. The van der Waals surface area contributed by atoms with Gasteiger partial charge in [0.15, 0.2) is 0 Å². The lowest BCUT2D eigenvalue weighted by Gasteiger charge is -2.08. The van der Waals surface area contributed by atoms with E-state index >= 15 is 0 Å². The molecule has 1 nitrogen and oxygen atoms in total. The van der Waals surface area contributed by atoms with Crippen molar-refractivity contribution in [1.82, 2.24) is 0 Å². The minimum absolute atomic E-state index is 0.628. The van der Waals surface area contributed by atoms with Crippen LogP contribution in [-0.2, 0) is 6.18 Å². The van der Waals surface area contributed by atoms with Crippen LogP contribution in [0, 0.1) is 0 Å². The summed E-state index contributed by atoms with van der Waals surface area (Å²) in [5.74, 6) is -0.789. The molecule has 0 saturated heterocycles. The molecule has 0 saturated carbocycles. The van der Waals surface area contributed by atoms with Gasteiger partial charge in [0, 0.05) is 0 Å². The minimum atomic E-state index is -5.00. The smallest absolute Gasteiger partial charge is 0.416 e. The Balaban J connectivity index is 3.57. The van der Waals surface area contributed by atoms with Crippen LogP contribution in [0.15, 0.2) is 22.6 Å². The average Bonchev–Trinajstić information content (AvgIpc) is 2.18. The number of hydrogen-bond donors (Lipinski definition) is 0. The van der Waals surface area contributed by atoms with Crippen molar-refractivity contribution in [3.8, 4) is 5.75 Å². The van der Waals surface area contributed by atoms with E-state index in [-0.39, 0.29) is 0 Å². The maximum Gasteiger partial charge on any atom is 0.416 e. The second-order valence-corrected chi connectivity index (χ2v) is 2.79. The molecular formula is C8H6BrF3O. The molecular weight excluding hydrogens is 249 g/mol. The third-order valence-corrected chi connectivity index (χ3v) is 1.68. The van der Waals surface area contributed by atoms with Crippen molar-refractivity contribution in [2.45, 2.75) is 6.18 Å². The van der Waals surface area contributed by atoms with Crippen LogP contribution in [0.2, 0.25) is 0 Å². The van der Waals surface area contributed by atoms with E-state index in [0.717, 1.165) is 0 Å². The van der Waals surface area contributed by atoms with Gasteiger partial charge in [0.2, 0.25) is 0 Å². The summed E-state index contributed by atoms with van der Waals surface area (Å²) in [5.41, 5.74) is -1.62. The Morgan fingerprint density at radius 3 is 2.77 bits per heavy atom. The predicted molar refractivity (Wildman–Crippen MR) is 45.7 cm³/mol. The predicted octanol–water partition coefficient (Wildman–Crippen LogP) is 3.48. The molecule has 13 heavy (non-hydrogen) atoms. The molecule has 0 aliphatic heterocycles. The molecule has 0 N–H and O–H groups in total. The summed E-state index contributed by atoms with van der Waals surface area (Å²) in [6.07, 6.45) is -5.00. The van der Waals surface area contributed by atoms with Gasteiger partial charge in [-0.1, -0.05) is 0 Å². The number of methoxy groups -OCH3 is 1. The Morgan fingerprint density at radius 2 is 2.23 bits per heavy atom. The maximum absolute atomic E-state index is 12.6. The van der Waals surface area contributed by atoms with E-state index in [4.69, 9.17) is 8.22 Å². The van der Waals surface area contributed by atoms with Gasteiger partial charge >= 0.3 is 6.18 Å². The number of hydrogen-bond acceptors (Lipinski definition) is 1. The highest BCUT2D eigenvalue weighted by molar-refractivity contribution is 9.10. The molecule has 0 aromatic heterocycles. The lowest BCUT2D eigenvalue weighted by atomic mass is 10.2. The standard InChI is InChI=1S/C8H6BrF3O/c1-13-7-3-2-5(4-6(7)9)8(10,11)12/h2-4H,1H3/i1D3,2D,3D,4D. The molecule has 72 valence electrons. The van der Waals surface area contributed by atoms with Crippen molar-refractivity contribution in [2.24, 2.45) is 0 Å². The molecule has 0 aliphatic carbocycles. The van der Waals surface area contributed by atoms with Crippen LogP contribution < -0.4 is 4.74 Å². The first-order valence-corrected chi connectivity index (χ1v) is 3.71. The van der Waals surface area contributed by atoms with Gasteiger partial charge in [0.1, 0.15) is 5.75 Å². The zero-order valence-electron chi connectivity index (χ0n) is 11.9. The Hall–Kier alpha value is -0.710. The van der Waals surface area contributed by atoms with E-state index < -0.39 is 47.1 Å². The molecule has 1 rings (SSSR count). The summed E-state index contributed by atoms with van der Waals surface area (Å²) < 4.78 is 84.1. The molecule has 0 fully saturated rings. The quantitative estimate of drug-likeness (QED) is 0.752. The first kappa shape index (κ1) is 4.68. The van der Waals surface area contributed by atoms with Gasteiger partial charge in [0.05, 0.1) is 25.3 Å². The SMILES string of the molecule is [2H]c1c([2H])c(C(F)(F)F)c([2H])c(Br)c1OC([2H])([2H])[2H]. The van der Waals surface area contributed by atoms with E-state index in [2.05, 4.69) is 20.7 Å². The topological polar surface area (TPSA) is 9.23 Å². The zero-order chi connectivity index (χ0) is 15.2. The van der Waals surface area contributed by atoms with E-state index in [1.54, 1.807) is 0 Å². The van der Waals surface area contributed by atoms with Gasteiger partial charge in [-0.05, 0) is 34.1 Å². The molecule has 0 spiro atoms. The molecule has 0 aliphatic rings. The first-order chi connectivity index (χ1) is 8.36. The number of rotatable bonds is 1.